The monoisotopic (exact) mass is 609 g/mol. The van der Waals surface area contributed by atoms with Gasteiger partial charge >= 0.3 is 0 Å². The summed E-state index contributed by atoms with van der Waals surface area (Å²) >= 11 is 9.67. The summed E-state index contributed by atoms with van der Waals surface area (Å²) in [6.07, 6.45) is 5.63. The number of nitrogens with one attached hydrogen (secondary N) is 1. The second kappa shape index (κ2) is 10.1. The minimum atomic E-state index is -0.336. The van der Waals surface area contributed by atoms with Gasteiger partial charge in [0.15, 0.2) is 0 Å². The van der Waals surface area contributed by atoms with E-state index in [0.29, 0.717) is 40.7 Å². The van der Waals surface area contributed by atoms with Crippen LogP contribution >= 0.6 is 27.5 Å². The van der Waals surface area contributed by atoms with E-state index >= 15 is 0 Å². The van der Waals surface area contributed by atoms with Crippen LogP contribution in [0.2, 0.25) is 5.02 Å². The van der Waals surface area contributed by atoms with Crippen molar-refractivity contribution in [3.63, 3.8) is 0 Å². The van der Waals surface area contributed by atoms with Crippen molar-refractivity contribution in [3.05, 3.63) is 74.8 Å². The minimum Gasteiger partial charge on any atom is -0.355 e. The zero-order valence-corrected chi connectivity index (χ0v) is 24.1. The molecule has 0 spiro atoms. The summed E-state index contributed by atoms with van der Waals surface area (Å²) in [5, 5.41) is 7.92. The van der Waals surface area contributed by atoms with Crippen LogP contribution in [0.15, 0.2) is 53.1 Å². The molecule has 3 aromatic rings. The fraction of sp³-hybridized carbons (Fsp3) is 0.379. The summed E-state index contributed by atoms with van der Waals surface area (Å²) in [6.45, 7) is 2.37. The van der Waals surface area contributed by atoms with Gasteiger partial charge in [-0.25, -0.2) is 4.68 Å². The molecular formula is C29H29BrClN5O3. The standard InChI is InChI=1S/C29H29BrClN5O3/c1-16-11-22-25(15-34(16)28(38)19-7-10-23(30)24(31)13-19)36-27(20(14-33-36)12-17-3-4-17)35(29(22)39)21-8-5-18(6-9-21)26(37)32-2/h5-10,13-14,16-17,22,25H,3-4,11-12,15H2,1-2H3,(H,32,37)/t16-,22?,25?/m1/s1. The molecule has 2 aliphatic heterocycles. The molecule has 39 heavy (non-hydrogen) atoms. The van der Waals surface area contributed by atoms with Gasteiger partial charge in [0.1, 0.15) is 5.82 Å². The van der Waals surface area contributed by atoms with Crippen LogP contribution in [0.25, 0.3) is 0 Å². The quantitative estimate of drug-likeness (QED) is 0.420. The van der Waals surface area contributed by atoms with Crippen LogP contribution in [0.4, 0.5) is 11.5 Å². The van der Waals surface area contributed by atoms with E-state index in [9.17, 15) is 14.4 Å². The SMILES string of the molecule is CNC(=O)c1ccc(N2C(=O)C3C[C@@H](C)N(C(=O)c4ccc(Br)c(Cl)c4)CC3n3ncc(CC4CC4)c32)cc1. The van der Waals surface area contributed by atoms with Gasteiger partial charge in [-0.15, -0.1) is 0 Å². The summed E-state index contributed by atoms with van der Waals surface area (Å²) < 4.78 is 2.69. The van der Waals surface area contributed by atoms with E-state index < -0.39 is 0 Å². The highest BCUT2D eigenvalue weighted by atomic mass is 79.9. The lowest BCUT2D eigenvalue weighted by Crippen LogP contribution is -2.56. The zero-order chi connectivity index (χ0) is 27.4. The van der Waals surface area contributed by atoms with Crippen molar-refractivity contribution in [1.29, 1.82) is 0 Å². The molecule has 2 fully saturated rings. The van der Waals surface area contributed by atoms with Crippen LogP contribution in [0.3, 0.4) is 0 Å². The third kappa shape index (κ3) is 4.65. The van der Waals surface area contributed by atoms with E-state index in [1.165, 1.54) is 12.8 Å². The molecule has 3 amide bonds. The Bertz CT molecular complexity index is 1470. The lowest BCUT2D eigenvalue weighted by atomic mass is 9.84. The van der Waals surface area contributed by atoms with Gasteiger partial charge in [-0.2, -0.15) is 5.10 Å². The Hall–Kier alpha value is -3.17. The smallest absolute Gasteiger partial charge is 0.254 e. The fourth-order valence-electron chi connectivity index (χ4n) is 5.83. The van der Waals surface area contributed by atoms with Crippen molar-refractivity contribution in [3.8, 4) is 0 Å². The lowest BCUT2D eigenvalue weighted by Gasteiger charge is -2.47. The van der Waals surface area contributed by atoms with Crippen molar-refractivity contribution < 1.29 is 14.4 Å². The van der Waals surface area contributed by atoms with Gasteiger partial charge in [0.25, 0.3) is 11.8 Å². The largest absolute Gasteiger partial charge is 0.355 e. The van der Waals surface area contributed by atoms with E-state index in [1.54, 1.807) is 42.3 Å². The molecule has 1 aliphatic carbocycles. The normalized spacial score (nSPS) is 22.4. The summed E-state index contributed by atoms with van der Waals surface area (Å²) in [7, 11) is 1.59. The first-order valence-electron chi connectivity index (χ1n) is 13.2. The predicted molar refractivity (Wildman–Crippen MR) is 152 cm³/mol. The molecule has 3 aliphatic rings. The molecule has 1 N–H and O–H groups in total. The maximum Gasteiger partial charge on any atom is 0.254 e. The second-order valence-corrected chi connectivity index (χ2v) is 12.0. The van der Waals surface area contributed by atoms with Gasteiger partial charge in [-0.3, -0.25) is 19.3 Å². The topological polar surface area (TPSA) is 87.5 Å². The number of fused-ring (bicyclic) bond motifs is 3. The maximum atomic E-state index is 14.2. The summed E-state index contributed by atoms with van der Waals surface area (Å²) in [5.74, 6) is 0.761. The van der Waals surface area contributed by atoms with Gasteiger partial charge in [0, 0.05) is 40.8 Å². The number of nitrogens with zero attached hydrogens (tertiary/aromatic N) is 4. The van der Waals surface area contributed by atoms with Gasteiger partial charge in [0.2, 0.25) is 5.91 Å². The molecule has 1 aromatic heterocycles. The van der Waals surface area contributed by atoms with Gasteiger partial charge in [-0.05, 0) is 96.9 Å². The number of hydrogen-bond acceptors (Lipinski definition) is 4. The Morgan fingerprint density at radius 2 is 1.85 bits per heavy atom. The molecule has 2 aromatic carbocycles. The molecule has 1 saturated carbocycles. The molecule has 0 bridgehead atoms. The molecule has 8 nitrogen and oxygen atoms in total. The Kier molecular flexibility index (Phi) is 6.75. The predicted octanol–water partition coefficient (Wildman–Crippen LogP) is 5.38. The first-order valence-corrected chi connectivity index (χ1v) is 14.4. The number of hydrogen-bond donors (Lipinski definition) is 1. The van der Waals surface area contributed by atoms with Crippen LogP contribution in [-0.4, -0.2) is 52.0 Å². The Balaban J connectivity index is 1.38. The number of carbonyl (C=O) groups is 3. The average Bonchev–Trinajstić information content (AvgIpc) is 3.67. The second-order valence-electron chi connectivity index (χ2n) is 10.7. The summed E-state index contributed by atoms with van der Waals surface area (Å²) in [5.41, 5.74) is 2.80. The minimum absolute atomic E-state index is 0.00313. The molecule has 0 radical (unpaired) electrons. The van der Waals surface area contributed by atoms with Crippen molar-refractivity contribution in [2.75, 3.05) is 18.5 Å². The summed E-state index contributed by atoms with van der Waals surface area (Å²) in [4.78, 5) is 43.5. The van der Waals surface area contributed by atoms with Crippen molar-refractivity contribution in [1.82, 2.24) is 20.0 Å². The molecule has 202 valence electrons. The Morgan fingerprint density at radius 3 is 2.51 bits per heavy atom. The number of carbonyl (C=O) groups excluding carboxylic acids is 3. The highest BCUT2D eigenvalue weighted by Gasteiger charge is 2.48. The van der Waals surface area contributed by atoms with Gasteiger partial charge in [0.05, 0.1) is 28.9 Å². The van der Waals surface area contributed by atoms with Crippen LogP contribution in [0, 0.1) is 11.8 Å². The van der Waals surface area contributed by atoms with E-state index in [0.717, 1.165) is 22.3 Å². The Morgan fingerprint density at radius 1 is 1.13 bits per heavy atom. The van der Waals surface area contributed by atoms with E-state index in [1.807, 2.05) is 34.8 Å². The van der Waals surface area contributed by atoms with Crippen LogP contribution < -0.4 is 10.2 Å². The van der Waals surface area contributed by atoms with E-state index in [-0.39, 0.29) is 35.7 Å². The van der Waals surface area contributed by atoms with E-state index in [2.05, 4.69) is 21.2 Å². The maximum absolute atomic E-state index is 14.2. The highest BCUT2D eigenvalue weighted by Crippen LogP contribution is 2.46. The molecule has 1 saturated heterocycles. The number of piperidine rings is 1. The highest BCUT2D eigenvalue weighted by molar-refractivity contribution is 9.10. The summed E-state index contributed by atoms with van der Waals surface area (Å²) in [6, 6.07) is 11.9. The molecular weight excluding hydrogens is 582 g/mol. The van der Waals surface area contributed by atoms with Crippen LogP contribution in [0.5, 0.6) is 0 Å². The molecule has 2 unspecified atom stereocenters. The van der Waals surface area contributed by atoms with Gasteiger partial charge < -0.3 is 10.2 Å². The number of amides is 3. The molecule has 3 atom stereocenters. The molecule has 10 heteroatoms. The van der Waals surface area contributed by atoms with Crippen LogP contribution in [0.1, 0.15) is 58.5 Å². The number of rotatable bonds is 5. The van der Waals surface area contributed by atoms with E-state index in [4.69, 9.17) is 16.7 Å². The van der Waals surface area contributed by atoms with Crippen LogP contribution in [-0.2, 0) is 11.2 Å². The third-order valence-corrected chi connectivity index (χ3v) is 9.36. The van der Waals surface area contributed by atoms with Crippen molar-refractivity contribution >= 4 is 56.8 Å². The first-order chi connectivity index (χ1) is 18.8. The van der Waals surface area contributed by atoms with Crippen molar-refractivity contribution in [2.45, 2.75) is 44.7 Å². The number of likely N-dealkylation sites (tertiary alicyclic amines) is 1. The number of anilines is 2. The fourth-order valence-corrected chi connectivity index (χ4v) is 6.26. The van der Waals surface area contributed by atoms with Crippen molar-refractivity contribution in [2.24, 2.45) is 11.8 Å². The Labute approximate surface area is 240 Å². The number of aromatic nitrogens is 2. The first kappa shape index (κ1) is 26.1. The number of benzene rings is 2. The van der Waals surface area contributed by atoms with Gasteiger partial charge in [-0.1, -0.05) is 11.6 Å². The third-order valence-electron chi connectivity index (χ3n) is 8.13. The molecule has 6 rings (SSSR count). The number of halogens is 2. The zero-order valence-electron chi connectivity index (χ0n) is 21.7. The molecule has 3 heterocycles. The lowest BCUT2D eigenvalue weighted by molar-refractivity contribution is -0.126. The average molecular weight is 611 g/mol.